The molecule has 0 spiro atoms. The standard InChI is InChI=1S/C31H47NO8/c1-10-19(4)24(33)20(5)16-18(3)13-11-12-17(2)14-15-23-21(6)28(29(37-8)30(32-23)38-9)40-31-27(36)26(35)25(34)22(7)39-31/h10-11,13-14,16,20,22,24-27,31,33-36H,12,15H2,1-9H3/t20-,22+,24+,25+,26-,27-,31+/m1/s1. The zero-order valence-corrected chi connectivity index (χ0v) is 25.2. The van der Waals surface area contributed by atoms with Crippen LogP contribution in [0.2, 0.25) is 0 Å². The molecule has 0 radical (unpaired) electrons. The molecule has 0 saturated carbocycles. The number of aliphatic hydroxyl groups is 4. The number of nitrogens with zero attached hydrogens (tertiary/aromatic N) is 1. The van der Waals surface area contributed by atoms with Crippen LogP contribution in [-0.2, 0) is 11.2 Å². The topological polar surface area (TPSA) is 131 Å². The van der Waals surface area contributed by atoms with E-state index < -0.39 is 36.8 Å². The fourth-order valence-corrected chi connectivity index (χ4v) is 4.47. The third-order valence-electron chi connectivity index (χ3n) is 7.26. The maximum Gasteiger partial charge on any atom is 0.261 e. The minimum Gasteiger partial charge on any atom is -0.489 e. The Bertz CT molecular complexity index is 1110. The van der Waals surface area contributed by atoms with Gasteiger partial charge in [-0.05, 0) is 53.5 Å². The first kappa shape index (κ1) is 33.5. The molecular weight excluding hydrogens is 514 g/mol. The van der Waals surface area contributed by atoms with Gasteiger partial charge in [-0.1, -0.05) is 48.5 Å². The number of ether oxygens (including phenoxy) is 4. The van der Waals surface area contributed by atoms with Crippen LogP contribution in [0.1, 0.15) is 59.2 Å². The number of pyridine rings is 1. The molecule has 1 aromatic rings. The van der Waals surface area contributed by atoms with Gasteiger partial charge < -0.3 is 39.4 Å². The van der Waals surface area contributed by atoms with E-state index in [1.165, 1.54) is 14.2 Å². The first-order valence-corrected chi connectivity index (χ1v) is 13.6. The predicted molar refractivity (Wildman–Crippen MR) is 155 cm³/mol. The molecule has 0 aromatic carbocycles. The fourth-order valence-electron chi connectivity index (χ4n) is 4.47. The molecule has 4 N–H and O–H groups in total. The smallest absolute Gasteiger partial charge is 0.261 e. The maximum atomic E-state index is 10.5. The van der Waals surface area contributed by atoms with Gasteiger partial charge in [0.25, 0.3) is 5.88 Å². The van der Waals surface area contributed by atoms with E-state index >= 15 is 0 Å². The van der Waals surface area contributed by atoms with Crippen LogP contribution in [0.3, 0.4) is 0 Å². The summed E-state index contributed by atoms with van der Waals surface area (Å²) >= 11 is 0. The second-order valence-corrected chi connectivity index (χ2v) is 10.5. The number of aromatic nitrogens is 1. The summed E-state index contributed by atoms with van der Waals surface area (Å²) in [6.07, 6.45) is 4.85. The summed E-state index contributed by atoms with van der Waals surface area (Å²) in [5.41, 5.74) is 4.54. The van der Waals surface area contributed by atoms with Crippen LogP contribution in [0.15, 0.2) is 47.1 Å². The Balaban J connectivity index is 2.20. The molecule has 9 heteroatoms. The molecule has 1 aliphatic rings. The molecule has 0 amide bonds. The predicted octanol–water partition coefficient (Wildman–Crippen LogP) is 3.96. The van der Waals surface area contributed by atoms with Crippen molar-refractivity contribution in [2.75, 3.05) is 14.2 Å². The van der Waals surface area contributed by atoms with Crippen molar-refractivity contribution in [3.8, 4) is 17.4 Å². The largest absolute Gasteiger partial charge is 0.489 e. The third-order valence-corrected chi connectivity index (χ3v) is 7.26. The molecule has 224 valence electrons. The lowest BCUT2D eigenvalue weighted by atomic mass is 9.96. The van der Waals surface area contributed by atoms with Gasteiger partial charge in [-0.15, -0.1) is 0 Å². The summed E-state index contributed by atoms with van der Waals surface area (Å²) in [6.45, 7) is 13.3. The average Bonchev–Trinajstić information content (AvgIpc) is 2.93. The highest BCUT2D eigenvalue weighted by Crippen LogP contribution is 2.41. The van der Waals surface area contributed by atoms with Crippen LogP contribution in [0.4, 0.5) is 0 Å². The molecule has 40 heavy (non-hydrogen) atoms. The van der Waals surface area contributed by atoms with Gasteiger partial charge in [-0.2, -0.15) is 0 Å². The molecule has 2 heterocycles. The SMILES string of the molecule is CC=C(C)[C@H](O)[C@H](C)C=C(C)C=CCC(C)=CCc1nc(OC)c(OC)c(O[C@@H]2O[C@@H](C)[C@H](O)[C@@H](O)[C@H]2O)c1C. The molecule has 1 fully saturated rings. The summed E-state index contributed by atoms with van der Waals surface area (Å²) in [5, 5.41) is 41.0. The lowest BCUT2D eigenvalue weighted by molar-refractivity contribution is -0.268. The Morgan fingerprint density at radius 2 is 1.73 bits per heavy atom. The van der Waals surface area contributed by atoms with E-state index in [9.17, 15) is 20.4 Å². The summed E-state index contributed by atoms with van der Waals surface area (Å²) in [5.74, 6) is 0.751. The minimum atomic E-state index is -1.47. The summed E-state index contributed by atoms with van der Waals surface area (Å²) < 4.78 is 22.6. The highest BCUT2D eigenvalue weighted by Gasteiger charge is 2.43. The molecule has 0 bridgehead atoms. The lowest BCUT2D eigenvalue weighted by Crippen LogP contribution is -2.58. The molecule has 1 saturated heterocycles. The first-order chi connectivity index (χ1) is 18.9. The van der Waals surface area contributed by atoms with E-state index in [4.69, 9.17) is 18.9 Å². The number of methoxy groups -OCH3 is 2. The van der Waals surface area contributed by atoms with Crippen LogP contribution in [0.5, 0.6) is 17.4 Å². The van der Waals surface area contributed by atoms with Crippen molar-refractivity contribution in [3.63, 3.8) is 0 Å². The van der Waals surface area contributed by atoms with E-state index in [1.54, 1.807) is 6.92 Å². The van der Waals surface area contributed by atoms with Crippen LogP contribution in [0.25, 0.3) is 0 Å². The van der Waals surface area contributed by atoms with E-state index in [-0.39, 0.29) is 23.3 Å². The molecule has 0 aliphatic carbocycles. The zero-order valence-electron chi connectivity index (χ0n) is 25.2. The summed E-state index contributed by atoms with van der Waals surface area (Å²) in [6, 6.07) is 0. The Morgan fingerprint density at radius 1 is 1.05 bits per heavy atom. The van der Waals surface area contributed by atoms with Gasteiger partial charge in [-0.3, -0.25) is 0 Å². The lowest BCUT2D eigenvalue weighted by Gasteiger charge is -2.39. The van der Waals surface area contributed by atoms with Crippen LogP contribution >= 0.6 is 0 Å². The quantitative estimate of drug-likeness (QED) is 0.221. The number of aliphatic hydroxyl groups excluding tert-OH is 4. The maximum absolute atomic E-state index is 10.5. The van der Waals surface area contributed by atoms with Crippen LogP contribution in [0, 0.1) is 12.8 Å². The van der Waals surface area contributed by atoms with Gasteiger partial charge >= 0.3 is 0 Å². The minimum absolute atomic E-state index is 0.0182. The highest BCUT2D eigenvalue weighted by atomic mass is 16.7. The number of hydrogen-bond acceptors (Lipinski definition) is 9. The van der Waals surface area contributed by atoms with Crippen molar-refractivity contribution in [2.45, 2.75) is 98.1 Å². The van der Waals surface area contributed by atoms with Gasteiger partial charge in [0.05, 0.1) is 32.1 Å². The van der Waals surface area contributed by atoms with Crippen molar-refractivity contribution in [2.24, 2.45) is 5.92 Å². The van der Waals surface area contributed by atoms with Crippen molar-refractivity contribution in [1.29, 1.82) is 0 Å². The van der Waals surface area contributed by atoms with Gasteiger partial charge in [0.2, 0.25) is 12.0 Å². The summed E-state index contributed by atoms with van der Waals surface area (Å²) in [4.78, 5) is 4.61. The molecule has 1 aromatic heterocycles. The molecular formula is C31H47NO8. The normalized spacial score (nSPS) is 26.1. The van der Waals surface area contributed by atoms with Crippen molar-refractivity contribution < 1.29 is 39.4 Å². The van der Waals surface area contributed by atoms with Gasteiger partial charge in [0.1, 0.15) is 18.3 Å². The first-order valence-electron chi connectivity index (χ1n) is 13.6. The Hall–Kier alpha value is -2.69. The van der Waals surface area contributed by atoms with E-state index in [0.717, 1.165) is 23.1 Å². The van der Waals surface area contributed by atoms with E-state index in [0.29, 0.717) is 17.7 Å². The van der Waals surface area contributed by atoms with Crippen LogP contribution < -0.4 is 14.2 Å². The highest BCUT2D eigenvalue weighted by molar-refractivity contribution is 5.54. The molecule has 0 unspecified atom stereocenters. The number of allylic oxidation sites excluding steroid dienone is 6. The van der Waals surface area contributed by atoms with E-state index in [2.05, 4.69) is 29.3 Å². The average molecular weight is 562 g/mol. The third kappa shape index (κ3) is 8.41. The number of hydrogen-bond donors (Lipinski definition) is 4. The van der Waals surface area contributed by atoms with Gasteiger partial charge in [-0.25, -0.2) is 4.98 Å². The van der Waals surface area contributed by atoms with E-state index in [1.807, 2.05) is 47.6 Å². The Kier molecular flexibility index (Phi) is 12.9. The molecule has 2 rings (SSSR count). The van der Waals surface area contributed by atoms with Crippen molar-refractivity contribution in [3.05, 3.63) is 58.4 Å². The fraction of sp³-hybridized carbons (Fsp3) is 0.581. The van der Waals surface area contributed by atoms with Gasteiger partial charge in [0, 0.05) is 17.9 Å². The number of rotatable bonds is 12. The Labute approximate surface area is 238 Å². The van der Waals surface area contributed by atoms with Gasteiger partial charge in [0.15, 0.2) is 5.75 Å². The van der Waals surface area contributed by atoms with Crippen molar-refractivity contribution in [1.82, 2.24) is 4.98 Å². The zero-order chi connectivity index (χ0) is 30.1. The molecule has 1 aliphatic heterocycles. The Morgan fingerprint density at radius 3 is 2.33 bits per heavy atom. The van der Waals surface area contributed by atoms with Crippen LogP contribution in [-0.4, -0.2) is 76.4 Å². The second-order valence-electron chi connectivity index (χ2n) is 10.5. The second kappa shape index (κ2) is 15.3. The molecule has 9 nitrogen and oxygen atoms in total. The van der Waals surface area contributed by atoms with Crippen molar-refractivity contribution >= 4 is 0 Å². The monoisotopic (exact) mass is 561 g/mol. The summed E-state index contributed by atoms with van der Waals surface area (Å²) in [7, 11) is 2.93. The molecule has 7 atom stereocenters.